The number of amides is 2. The number of carbonyl (C=O) groups is 3. The summed E-state index contributed by atoms with van der Waals surface area (Å²) in [5.74, 6) is -1.30. The molecule has 42 heavy (non-hydrogen) atoms. The molecule has 230 valence electrons. The summed E-state index contributed by atoms with van der Waals surface area (Å²) < 4.78 is -0.336. The summed E-state index contributed by atoms with van der Waals surface area (Å²) in [4.78, 5) is 40.2. The van der Waals surface area contributed by atoms with Crippen molar-refractivity contribution in [2.75, 3.05) is 12.3 Å². The Morgan fingerprint density at radius 2 is 1.55 bits per heavy atom. The average Bonchev–Trinajstić information content (AvgIpc) is 2.97. The standard InChI is InChI=1S/C33H47N3O4S2/c1-4-5-6-7-8-9-10-11-12-13-14-15-16-17-18-19-20-23-30(37)36-29(32(39)40)26-41-42-33(2,3)27-35-31(38)28-22-21-24-34-25-28/h5-6,8-9,11-12,14-15,17-18,21-22,24-25,29H,4,7,10,13,16,19-20,23,26-27H2,1-3H3,(H,35,38)(H,36,37)(H,39,40)/b6-5-,9-8-,12-11-,15-14-,18-17-/t29-/m0/s1. The summed E-state index contributed by atoms with van der Waals surface area (Å²) in [6, 6.07) is 2.43. The number of unbranched alkanes of at least 4 members (excludes halogenated alkanes) is 1. The second-order valence-electron chi connectivity index (χ2n) is 10.1. The lowest BCUT2D eigenvalue weighted by Gasteiger charge is -2.24. The Kier molecular flexibility index (Phi) is 20.7. The predicted molar refractivity (Wildman–Crippen MR) is 179 cm³/mol. The third-order valence-corrected chi connectivity index (χ3v) is 8.98. The van der Waals surface area contributed by atoms with E-state index in [0.29, 0.717) is 18.5 Å². The Hall–Kier alpha value is -3.04. The SMILES string of the molecule is CC/C=C\C/C=C\C/C=C\C/C=C\C/C=C\CCCC(=O)N[C@@H](CSSC(C)(C)CNC(=O)c1cccnc1)C(=O)O. The fourth-order valence-corrected chi connectivity index (χ4v) is 6.00. The zero-order valence-electron chi connectivity index (χ0n) is 25.2. The van der Waals surface area contributed by atoms with Gasteiger partial charge in [-0.25, -0.2) is 4.79 Å². The lowest BCUT2D eigenvalue weighted by atomic mass is 10.2. The van der Waals surface area contributed by atoms with E-state index in [1.807, 2.05) is 13.8 Å². The Balaban J connectivity index is 2.19. The maximum absolute atomic E-state index is 12.3. The van der Waals surface area contributed by atoms with Crippen molar-refractivity contribution in [1.82, 2.24) is 15.6 Å². The highest BCUT2D eigenvalue weighted by molar-refractivity contribution is 8.77. The number of rotatable bonds is 22. The molecule has 0 bridgehead atoms. The molecule has 0 spiro atoms. The van der Waals surface area contributed by atoms with E-state index in [4.69, 9.17) is 0 Å². The quantitative estimate of drug-likeness (QED) is 0.0707. The van der Waals surface area contributed by atoms with Gasteiger partial charge in [-0.1, -0.05) is 89.3 Å². The second kappa shape index (κ2) is 23.5. The van der Waals surface area contributed by atoms with Gasteiger partial charge >= 0.3 is 5.97 Å². The minimum atomic E-state index is -1.06. The van der Waals surface area contributed by atoms with Gasteiger partial charge in [-0.3, -0.25) is 14.6 Å². The molecule has 1 heterocycles. The molecular weight excluding hydrogens is 567 g/mol. The lowest BCUT2D eigenvalue weighted by molar-refractivity contribution is -0.141. The highest BCUT2D eigenvalue weighted by Gasteiger charge is 2.24. The normalized spacial score (nSPS) is 13.1. The molecular formula is C33H47N3O4S2. The maximum atomic E-state index is 12.3. The molecule has 0 aliphatic rings. The third kappa shape index (κ3) is 19.9. The van der Waals surface area contributed by atoms with Crippen molar-refractivity contribution in [1.29, 1.82) is 0 Å². The van der Waals surface area contributed by atoms with Gasteiger partial charge in [-0.15, -0.1) is 0 Å². The van der Waals surface area contributed by atoms with Crippen LogP contribution in [0.15, 0.2) is 85.3 Å². The van der Waals surface area contributed by atoms with Crippen LogP contribution in [0.1, 0.15) is 82.5 Å². The number of pyridine rings is 1. The monoisotopic (exact) mass is 613 g/mol. The minimum Gasteiger partial charge on any atom is -0.480 e. The molecule has 1 atom stereocenters. The highest BCUT2D eigenvalue weighted by Crippen LogP contribution is 2.35. The molecule has 0 fully saturated rings. The Labute approximate surface area is 259 Å². The molecule has 0 aliphatic carbocycles. The van der Waals surface area contributed by atoms with Crippen LogP contribution >= 0.6 is 21.6 Å². The van der Waals surface area contributed by atoms with E-state index in [1.165, 1.54) is 27.8 Å². The van der Waals surface area contributed by atoms with Crippen LogP contribution in [0.2, 0.25) is 0 Å². The number of nitrogens with zero attached hydrogens (tertiary/aromatic N) is 1. The number of hydrogen-bond acceptors (Lipinski definition) is 6. The van der Waals surface area contributed by atoms with Crippen molar-refractivity contribution in [3.8, 4) is 0 Å². The summed E-state index contributed by atoms with van der Waals surface area (Å²) in [7, 11) is 2.85. The number of nitrogens with one attached hydrogen (secondary N) is 2. The molecule has 0 aromatic carbocycles. The first-order valence-electron chi connectivity index (χ1n) is 14.5. The number of allylic oxidation sites excluding steroid dienone is 10. The molecule has 7 nitrogen and oxygen atoms in total. The third-order valence-electron chi connectivity index (χ3n) is 5.68. The Bertz CT molecular complexity index is 1070. The van der Waals surface area contributed by atoms with E-state index in [0.717, 1.165) is 38.5 Å². The molecule has 2 amide bonds. The molecule has 0 radical (unpaired) electrons. The van der Waals surface area contributed by atoms with Gasteiger partial charge in [-0.2, -0.15) is 0 Å². The number of hydrogen-bond donors (Lipinski definition) is 3. The number of aromatic nitrogens is 1. The molecule has 0 saturated heterocycles. The van der Waals surface area contributed by atoms with Gasteiger partial charge in [0.2, 0.25) is 5.91 Å². The molecule has 3 N–H and O–H groups in total. The molecule has 0 saturated carbocycles. The summed E-state index contributed by atoms with van der Waals surface area (Å²) in [5.41, 5.74) is 0.487. The van der Waals surface area contributed by atoms with Crippen LogP contribution in [-0.2, 0) is 9.59 Å². The molecule has 1 rings (SSSR count). The first kappa shape index (κ1) is 37.0. The van der Waals surface area contributed by atoms with E-state index in [-0.39, 0.29) is 28.7 Å². The maximum Gasteiger partial charge on any atom is 0.327 e. The zero-order valence-corrected chi connectivity index (χ0v) is 26.8. The van der Waals surface area contributed by atoms with Crippen molar-refractivity contribution >= 4 is 39.4 Å². The van der Waals surface area contributed by atoms with Crippen molar-refractivity contribution in [3.63, 3.8) is 0 Å². The topological polar surface area (TPSA) is 108 Å². The fraction of sp³-hybridized carbons (Fsp3) is 0.455. The molecule has 0 aliphatic heterocycles. The second-order valence-corrected chi connectivity index (χ2v) is 13.2. The lowest BCUT2D eigenvalue weighted by Crippen LogP contribution is -2.42. The molecule has 1 aromatic rings. The van der Waals surface area contributed by atoms with Crippen LogP contribution in [0.5, 0.6) is 0 Å². The Morgan fingerprint density at radius 1 is 0.952 bits per heavy atom. The van der Waals surface area contributed by atoms with E-state index in [2.05, 4.69) is 83.3 Å². The Morgan fingerprint density at radius 3 is 2.10 bits per heavy atom. The molecule has 0 unspecified atom stereocenters. The van der Waals surface area contributed by atoms with Crippen LogP contribution in [0, 0.1) is 0 Å². The van der Waals surface area contributed by atoms with Gasteiger partial charge in [0.1, 0.15) is 6.04 Å². The van der Waals surface area contributed by atoms with Crippen LogP contribution in [0.25, 0.3) is 0 Å². The van der Waals surface area contributed by atoms with Crippen molar-refractivity contribution in [2.45, 2.75) is 82.9 Å². The predicted octanol–water partition coefficient (Wildman–Crippen LogP) is 7.46. The molecule has 9 heteroatoms. The first-order chi connectivity index (χ1) is 20.2. The number of carbonyl (C=O) groups excluding carboxylic acids is 2. The van der Waals surface area contributed by atoms with Crippen LogP contribution in [-0.4, -0.2) is 51.0 Å². The van der Waals surface area contributed by atoms with E-state index in [1.54, 1.807) is 18.3 Å². The van der Waals surface area contributed by atoms with Gasteiger partial charge in [-0.05, 0) is 70.9 Å². The number of carboxylic acids is 1. The van der Waals surface area contributed by atoms with Crippen molar-refractivity contribution in [2.24, 2.45) is 0 Å². The largest absolute Gasteiger partial charge is 0.480 e. The van der Waals surface area contributed by atoms with Gasteiger partial charge in [0.15, 0.2) is 0 Å². The van der Waals surface area contributed by atoms with Gasteiger partial charge in [0.05, 0.1) is 5.56 Å². The van der Waals surface area contributed by atoms with Gasteiger partial charge < -0.3 is 15.7 Å². The van der Waals surface area contributed by atoms with E-state index >= 15 is 0 Å². The minimum absolute atomic E-state index is 0.206. The highest BCUT2D eigenvalue weighted by atomic mass is 33.1. The van der Waals surface area contributed by atoms with Gasteiger partial charge in [0.25, 0.3) is 5.91 Å². The van der Waals surface area contributed by atoms with E-state index < -0.39 is 12.0 Å². The average molecular weight is 614 g/mol. The smallest absolute Gasteiger partial charge is 0.327 e. The van der Waals surface area contributed by atoms with Crippen LogP contribution in [0.4, 0.5) is 0 Å². The van der Waals surface area contributed by atoms with Crippen LogP contribution < -0.4 is 10.6 Å². The fourth-order valence-electron chi connectivity index (χ4n) is 3.37. The summed E-state index contributed by atoms with van der Waals surface area (Å²) >= 11 is 0. The van der Waals surface area contributed by atoms with Crippen molar-refractivity contribution in [3.05, 3.63) is 90.9 Å². The first-order valence-corrected chi connectivity index (χ1v) is 16.8. The number of aliphatic carboxylic acids is 1. The summed E-state index contributed by atoms with van der Waals surface area (Å²) in [6.45, 7) is 6.48. The van der Waals surface area contributed by atoms with Crippen molar-refractivity contribution < 1.29 is 19.5 Å². The summed E-state index contributed by atoms with van der Waals surface area (Å²) in [5, 5.41) is 15.1. The zero-order chi connectivity index (χ0) is 30.9. The van der Waals surface area contributed by atoms with E-state index in [9.17, 15) is 19.5 Å². The molecule has 1 aromatic heterocycles. The number of carboxylic acid groups (broad SMARTS) is 1. The summed E-state index contributed by atoms with van der Waals surface area (Å²) in [6.07, 6.45) is 31.1. The van der Waals surface area contributed by atoms with Crippen LogP contribution in [0.3, 0.4) is 0 Å². The van der Waals surface area contributed by atoms with Gasteiger partial charge in [0, 0.05) is 35.9 Å².